The second-order valence-electron chi connectivity index (χ2n) is 2.93. The van der Waals surface area contributed by atoms with Crippen molar-refractivity contribution in [3.63, 3.8) is 0 Å². The molecule has 5 heteroatoms. The number of hydrogen-bond donors (Lipinski definition) is 1. The van der Waals surface area contributed by atoms with Gasteiger partial charge >= 0.3 is 0 Å². The van der Waals surface area contributed by atoms with E-state index in [-0.39, 0.29) is 0 Å². The first-order chi connectivity index (χ1) is 6.79. The molecule has 0 spiro atoms. The van der Waals surface area contributed by atoms with Crippen LogP contribution in [0.1, 0.15) is 11.4 Å². The molecule has 0 fully saturated rings. The Kier molecular flexibility index (Phi) is 2.69. The molecule has 4 nitrogen and oxygen atoms in total. The van der Waals surface area contributed by atoms with Gasteiger partial charge < -0.3 is 14.7 Å². The van der Waals surface area contributed by atoms with Crippen molar-refractivity contribution in [2.45, 2.75) is 13.1 Å². The molecule has 0 atom stereocenters. The van der Waals surface area contributed by atoms with Crippen molar-refractivity contribution in [1.29, 1.82) is 0 Å². The van der Waals surface area contributed by atoms with Crippen LogP contribution in [-0.2, 0) is 13.1 Å². The van der Waals surface area contributed by atoms with Gasteiger partial charge in [-0.25, -0.2) is 4.98 Å². The number of furan rings is 1. The Balaban J connectivity index is 2.18. The molecular weight excluding hydrogens is 246 g/mol. The summed E-state index contributed by atoms with van der Waals surface area (Å²) in [6.07, 6.45) is 5.37. The quantitative estimate of drug-likeness (QED) is 0.910. The number of hydrogen-bond acceptors (Lipinski definition) is 3. The standard InChI is InChI=1S/C9H10BrN3O/c10-8-3-7(6-14-8)5-13-2-1-12-9(13)4-11/h1-3,6H,4-5,11H2. The van der Waals surface area contributed by atoms with Gasteiger partial charge in [-0.15, -0.1) is 0 Å². The molecule has 0 aliphatic heterocycles. The number of nitrogens with two attached hydrogens (primary N) is 1. The van der Waals surface area contributed by atoms with Crippen LogP contribution in [0.3, 0.4) is 0 Å². The van der Waals surface area contributed by atoms with Crippen LogP contribution in [0.15, 0.2) is 33.8 Å². The highest BCUT2D eigenvalue weighted by Gasteiger charge is 2.03. The van der Waals surface area contributed by atoms with Crippen LogP contribution >= 0.6 is 15.9 Å². The molecule has 2 aromatic rings. The average molecular weight is 256 g/mol. The molecule has 2 rings (SSSR count). The molecule has 14 heavy (non-hydrogen) atoms. The number of halogens is 1. The van der Waals surface area contributed by atoms with Gasteiger partial charge in [0.2, 0.25) is 0 Å². The van der Waals surface area contributed by atoms with E-state index in [2.05, 4.69) is 20.9 Å². The maximum Gasteiger partial charge on any atom is 0.169 e. The molecule has 0 unspecified atom stereocenters. The van der Waals surface area contributed by atoms with Crippen molar-refractivity contribution in [3.8, 4) is 0 Å². The van der Waals surface area contributed by atoms with E-state index in [9.17, 15) is 0 Å². The smallest absolute Gasteiger partial charge is 0.169 e. The first-order valence-electron chi connectivity index (χ1n) is 4.22. The summed E-state index contributed by atoms with van der Waals surface area (Å²) in [5.41, 5.74) is 6.63. The summed E-state index contributed by atoms with van der Waals surface area (Å²) in [6, 6.07) is 1.93. The third-order valence-electron chi connectivity index (χ3n) is 1.96. The summed E-state index contributed by atoms with van der Waals surface area (Å²) in [5.74, 6) is 0.877. The summed E-state index contributed by atoms with van der Waals surface area (Å²) in [4.78, 5) is 4.13. The molecule has 2 N–H and O–H groups in total. The molecule has 2 heterocycles. The first-order valence-corrected chi connectivity index (χ1v) is 5.02. The van der Waals surface area contributed by atoms with Gasteiger partial charge in [0.25, 0.3) is 0 Å². The Morgan fingerprint density at radius 2 is 2.43 bits per heavy atom. The second-order valence-corrected chi connectivity index (χ2v) is 3.72. The maximum atomic E-state index is 5.54. The van der Waals surface area contributed by atoms with E-state index in [4.69, 9.17) is 10.2 Å². The van der Waals surface area contributed by atoms with E-state index in [1.807, 2.05) is 16.8 Å². The molecule has 0 radical (unpaired) electrons. The number of rotatable bonds is 3. The van der Waals surface area contributed by atoms with E-state index < -0.39 is 0 Å². The molecule has 0 saturated heterocycles. The molecule has 0 aliphatic carbocycles. The average Bonchev–Trinajstić information content (AvgIpc) is 2.76. The lowest BCUT2D eigenvalue weighted by Crippen LogP contribution is -2.08. The minimum Gasteiger partial charge on any atom is -0.457 e. The Hall–Kier alpha value is -1.07. The Morgan fingerprint density at radius 1 is 1.57 bits per heavy atom. The van der Waals surface area contributed by atoms with Gasteiger partial charge in [0.05, 0.1) is 19.4 Å². The van der Waals surface area contributed by atoms with Gasteiger partial charge in [0.15, 0.2) is 4.67 Å². The normalized spacial score (nSPS) is 10.7. The molecule has 0 saturated carbocycles. The molecule has 0 aromatic carbocycles. The molecule has 0 aliphatic rings. The van der Waals surface area contributed by atoms with Gasteiger partial charge in [-0.2, -0.15) is 0 Å². The van der Waals surface area contributed by atoms with Crippen molar-refractivity contribution in [2.75, 3.05) is 0 Å². The predicted molar refractivity (Wildman–Crippen MR) is 55.6 cm³/mol. The molecule has 2 aromatic heterocycles. The fourth-order valence-corrected chi connectivity index (χ4v) is 1.69. The number of imidazole rings is 1. The summed E-state index contributed by atoms with van der Waals surface area (Å²) >= 11 is 3.26. The highest BCUT2D eigenvalue weighted by molar-refractivity contribution is 9.10. The van der Waals surface area contributed by atoms with Crippen LogP contribution in [0.4, 0.5) is 0 Å². The van der Waals surface area contributed by atoms with Crippen LogP contribution < -0.4 is 5.73 Å². The summed E-state index contributed by atoms with van der Waals surface area (Å²) in [7, 11) is 0. The van der Waals surface area contributed by atoms with Crippen molar-refractivity contribution in [1.82, 2.24) is 9.55 Å². The van der Waals surface area contributed by atoms with E-state index >= 15 is 0 Å². The van der Waals surface area contributed by atoms with Crippen LogP contribution in [0.2, 0.25) is 0 Å². The summed E-state index contributed by atoms with van der Waals surface area (Å²) in [5, 5.41) is 0. The second kappa shape index (κ2) is 3.98. The summed E-state index contributed by atoms with van der Waals surface area (Å²) < 4.78 is 7.87. The highest BCUT2D eigenvalue weighted by Crippen LogP contribution is 2.15. The van der Waals surface area contributed by atoms with E-state index in [1.54, 1.807) is 12.5 Å². The number of nitrogens with zero attached hydrogens (tertiary/aromatic N) is 2. The van der Waals surface area contributed by atoms with Crippen LogP contribution in [0.25, 0.3) is 0 Å². The van der Waals surface area contributed by atoms with Crippen LogP contribution in [-0.4, -0.2) is 9.55 Å². The van der Waals surface area contributed by atoms with E-state index in [1.165, 1.54) is 0 Å². The lowest BCUT2D eigenvalue weighted by molar-refractivity contribution is 0.536. The fraction of sp³-hybridized carbons (Fsp3) is 0.222. The SMILES string of the molecule is NCc1nccn1Cc1coc(Br)c1. The van der Waals surface area contributed by atoms with Gasteiger partial charge in [0.1, 0.15) is 5.82 Å². The Morgan fingerprint density at radius 3 is 3.07 bits per heavy atom. The van der Waals surface area contributed by atoms with Crippen molar-refractivity contribution < 1.29 is 4.42 Å². The largest absolute Gasteiger partial charge is 0.457 e. The van der Waals surface area contributed by atoms with Crippen molar-refractivity contribution in [2.24, 2.45) is 5.73 Å². The topological polar surface area (TPSA) is 57.0 Å². The van der Waals surface area contributed by atoms with Crippen LogP contribution in [0, 0.1) is 0 Å². The Labute approximate surface area is 89.9 Å². The predicted octanol–water partition coefficient (Wildman–Crippen LogP) is 1.75. The lowest BCUT2D eigenvalue weighted by atomic mass is 10.3. The van der Waals surface area contributed by atoms with Crippen LogP contribution in [0.5, 0.6) is 0 Å². The minimum absolute atomic E-state index is 0.450. The zero-order valence-corrected chi connectivity index (χ0v) is 9.07. The van der Waals surface area contributed by atoms with Crippen molar-refractivity contribution in [3.05, 3.63) is 40.8 Å². The molecule has 0 bridgehead atoms. The zero-order valence-electron chi connectivity index (χ0n) is 7.48. The monoisotopic (exact) mass is 255 g/mol. The highest BCUT2D eigenvalue weighted by atomic mass is 79.9. The molecule has 74 valence electrons. The minimum atomic E-state index is 0.450. The lowest BCUT2D eigenvalue weighted by Gasteiger charge is -2.02. The third kappa shape index (κ3) is 1.88. The van der Waals surface area contributed by atoms with Gasteiger partial charge in [0, 0.05) is 18.0 Å². The zero-order chi connectivity index (χ0) is 9.97. The van der Waals surface area contributed by atoms with E-state index in [0.717, 1.165) is 22.6 Å². The molecule has 0 amide bonds. The maximum absolute atomic E-state index is 5.54. The van der Waals surface area contributed by atoms with Crippen molar-refractivity contribution >= 4 is 15.9 Å². The number of aromatic nitrogens is 2. The Bertz CT molecular complexity index is 421. The van der Waals surface area contributed by atoms with Gasteiger partial charge in [-0.3, -0.25) is 0 Å². The van der Waals surface area contributed by atoms with Gasteiger partial charge in [-0.1, -0.05) is 0 Å². The van der Waals surface area contributed by atoms with Gasteiger partial charge in [-0.05, 0) is 22.0 Å². The fourth-order valence-electron chi connectivity index (χ4n) is 1.30. The van der Waals surface area contributed by atoms with E-state index in [0.29, 0.717) is 6.54 Å². The first kappa shape index (κ1) is 9.48. The third-order valence-corrected chi connectivity index (χ3v) is 2.37. The summed E-state index contributed by atoms with van der Waals surface area (Å²) in [6.45, 7) is 1.19. The molecular formula is C9H10BrN3O.